The number of aromatic carboxylic acids is 1. The molecule has 6 nitrogen and oxygen atoms in total. The second-order valence-electron chi connectivity index (χ2n) is 5.66. The molecule has 0 spiro atoms. The van der Waals surface area contributed by atoms with Crippen LogP contribution in [0.3, 0.4) is 0 Å². The van der Waals surface area contributed by atoms with Crippen LogP contribution in [-0.4, -0.2) is 23.2 Å². The fourth-order valence-electron chi connectivity index (χ4n) is 2.49. The second kappa shape index (κ2) is 7.92. The van der Waals surface area contributed by atoms with Gasteiger partial charge in [0.2, 0.25) is 0 Å². The third-order valence-electron chi connectivity index (χ3n) is 3.81. The average molecular weight is 383 g/mol. The first-order valence-corrected chi connectivity index (χ1v) is 8.81. The number of para-hydroxylation sites is 1. The summed E-state index contributed by atoms with van der Waals surface area (Å²) in [6.07, 6.45) is 1.73. The lowest BCUT2D eigenvalue weighted by Gasteiger charge is -2.13. The highest BCUT2D eigenvalue weighted by Gasteiger charge is 2.10. The number of carboxylic acids is 1. The summed E-state index contributed by atoms with van der Waals surface area (Å²) in [4.78, 5) is 25.5. The summed E-state index contributed by atoms with van der Waals surface area (Å²) >= 11 is 1.26. The smallest absolute Gasteiger partial charge is 0.335 e. The van der Waals surface area contributed by atoms with E-state index in [2.05, 4.69) is 11.6 Å². The maximum absolute atomic E-state index is 11.9. The number of ether oxygens (including phenoxy) is 2. The van der Waals surface area contributed by atoms with Crippen molar-refractivity contribution in [2.45, 2.75) is 6.61 Å². The number of rotatable bonds is 6. The number of benzene rings is 2. The molecule has 0 bridgehead atoms. The molecule has 0 aliphatic carbocycles. The van der Waals surface area contributed by atoms with E-state index in [0.717, 1.165) is 5.56 Å². The largest absolute Gasteiger partial charge is 0.493 e. The van der Waals surface area contributed by atoms with Crippen molar-refractivity contribution in [2.24, 2.45) is 0 Å². The topological polar surface area (TPSA) is 88.6 Å². The number of carboxylic acid groups (broad SMARTS) is 1. The molecule has 0 unspecified atom stereocenters. The van der Waals surface area contributed by atoms with Crippen LogP contribution in [-0.2, 0) is 6.61 Å². The van der Waals surface area contributed by atoms with Crippen molar-refractivity contribution in [3.05, 3.63) is 78.7 Å². The van der Waals surface area contributed by atoms with Gasteiger partial charge >= 0.3 is 5.97 Å². The van der Waals surface area contributed by atoms with E-state index >= 15 is 0 Å². The highest BCUT2D eigenvalue weighted by molar-refractivity contribution is 7.07. The molecule has 138 valence electrons. The first kappa shape index (κ1) is 18.5. The molecule has 0 saturated heterocycles. The Labute approximate surface area is 158 Å². The van der Waals surface area contributed by atoms with E-state index in [1.54, 1.807) is 31.4 Å². The van der Waals surface area contributed by atoms with Gasteiger partial charge in [-0.2, -0.15) is 0 Å². The van der Waals surface area contributed by atoms with Crippen molar-refractivity contribution in [3.8, 4) is 11.5 Å². The summed E-state index contributed by atoms with van der Waals surface area (Å²) in [6, 6.07) is 11.8. The van der Waals surface area contributed by atoms with E-state index in [1.807, 2.05) is 12.1 Å². The number of thiazole rings is 1. The van der Waals surface area contributed by atoms with Crippen LogP contribution in [0.4, 0.5) is 0 Å². The fraction of sp³-hybridized carbons (Fsp3) is 0.100. The Balaban J connectivity index is 1.93. The number of aromatic nitrogens is 1. The van der Waals surface area contributed by atoms with Crippen molar-refractivity contribution in [3.63, 3.8) is 0 Å². The van der Waals surface area contributed by atoms with Crippen molar-refractivity contribution >= 4 is 30.0 Å². The van der Waals surface area contributed by atoms with Crippen LogP contribution < -0.4 is 24.2 Å². The predicted molar refractivity (Wildman–Crippen MR) is 104 cm³/mol. The lowest BCUT2D eigenvalue weighted by molar-refractivity contribution is 0.0697. The molecule has 2 N–H and O–H groups in total. The van der Waals surface area contributed by atoms with Crippen LogP contribution in [0.15, 0.2) is 47.3 Å². The number of H-pyrrole nitrogens is 1. The third-order valence-corrected chi connectivity index (χ3v) is 4.68. The molecule has 2 aromatic carbocycles. The fourth-order valence-corrected chi connectivity index (χ4v) is 3.23. The number of hydrogen-bond acceptors (Lipinski definition) is 5. The van der Waals surface area contributed by atoms with Gasteiger partial charge in [-0.05, 0) is 29.8 Å². The van der Waals surface area contributed by atoms with Crippen molar-refractivity contribution in [2.75, 3.05) is 7.11 Å². The monoisotopic (exact) mass is 383 g/mol. The zero-order chi connectivity index (χ0) is 19.4. The molecule has 27 heavy (non-hydrogen) atoms. The highest BCUT2D eigenvalue weighted by Crippen LogP contribution is 2.32. The molecule has 7 heteroatoms. The molecule has 0 amide bonds. The molecular weight excluding hydrogens is 366 g/mol. The maximum atomic E-state index is 11.9. The Morgan fingerprint density at radius 2 is 2.00 bits per heavy atom. The van der Waals surface area contributed by atoms with Crippen LogP contribution in [0.25, 0.3) is 12.7 Å². The number of hydrogen-bond donors (Lipinski definition) is 2. The van der Waals surface area contributed by atoms with Gasteiger partial charge in [0.1, 0.15) is 6.61 Å². The summed E-state index contributed by atoms with van der Waals surface area (Å²) in [7, 11) is 1.54. The Morgan fingerprint density at radius 1 is 1.26 bits per heavy atom. The van der Waals surface area contributed by atoms with Crippen LogP contribution in [0.5, 0.6) is 11.5 Å². The lowest BCUT2D eigenvalue weighted by Crippen LogP contribution is -2.19. The van der Waals surface area contributed by atoms with Crippen molar-refractivity contribution in [1.29, 1.82) is 0 Å². The predicted octanol–water partition coefficient (Wildman–Crippen LogP) is 1.96. The number of nitrogens with one attached hydrogen (secondary N) is 1. The standard InChI is InChI=1S/C20H17NO5S/c1-12-21-19(22)17(27-12)10-15-4-3-5-16(25-2)18(15)26-11-13-6-8-14(9-7-13)20(23)24/h3-10H,1,11H2,2H3,(H,21,22)(H,23,24)/b17-10-. The van der Waals surface area contributed by atoms with Gasteiger partial charge in [-0.1, -0.05) is 30.8 Å². The zero-order valence-corrected chi connectivity index (χ0v) is 15.3. The molecule has 3 rings (SSSR count). The number of carbonyl (C=O) groups is 1. The SMILES string of the molecule is C=c1[nH]c(=O)/c(=C/c2cccc(OC)c2OCc2ccc(C(=O)O)cc2)s1. The highest BCUT2D eigenvalue weighted by atomic mass is 32.1. The minimum Gasteiger partial charge on any atom is -0.493 e. The summed E-state index contributed by atoms with van der Waals surface area (Å²) < 4.78 is 12.4. The Morgan fingerprint density at radius 3 is 2.59 bits per heavy atom. The van der Waals surface area contributed by atoms with Gasteiger partial charge in [0.05, 0.1) is 21.9 Å². The van der Waals surface area contributed by atoms with Gasteiger partial charge in [0.25, 0.3) is 5.56 Å². The van der Waals surface area contributed by atoms with Gasteiger partial charge in [0.15, 0.2) is 11.5 Å². The molecule has 1 aromatic heterocycles. The minimum atomic E-state index is -0.977. The van der Waals surface area contributed by atoms with Crippen LogP contribution in [0, 0.1) is 0 Å². The average Bonchev–Trinajstić information content (AvgIpc) is 2.97. The van der Waals surface area contributed by atoms with E-state index in [1.165, 1.54) is 23.5 Å². The zero-order valence-electron chi connectivity index (χ0n) is 14.5. The molecule has 1 heterocycles. The van der Waals surface area contributed by atoms with E-state index in [0.29, 0.717) is 26.3 Å². The molecule has 3 aromatic rings. The van der Waals surface area contributed by atoms with E-state index in [-0.39, 0.29) is 17.7 Å². The van der Waals surface area contributed by atoms with Gasteiger partial charge in [-0.3, -0.25) is 4.79 Å². The number of aromatic amines is 1. The molecule has 0 fully saturated rings. The second-order valence-corrected chi connectivity index (χ2v) is 6.79. The van der Waals surface area contributed by atoms with Crippen LogP contribution >= 0.6 is 11.3 Å². The molecule has 0 saturated carbocycles. The molecule has 0 aliphatic heterocycles. The van der Waals surface area contributed by atoms with E-state index < -0.39 is 5.97 Å². The molecule has 0 radical (unpaired) electrons. The number of methoxy groups -OCH3 is 1. The van der Waals surface area contributed by atoms with Gasteiger partial charge in [0, 0.05) is 5.56 Å². The van der Waals surface area contributed by atoms with Gasteiger partial charge < -0.3 is 19.6 Å². The Hall–Kier alpha value is -3.32. The van der Waals surface area contributed by atoms with Gasteiger partial charge in [-0.25, -0.2) is 4.79 Å². The molecule has 0 aliphatic rings. The lowest BCUT2D eigenvalue weighted by atomic mass is 10.1. The van der Waals surface area contributed by atoms with Crippen molar-refractivity contribution < 1.29 is 19.4 Å². The summed E-state index contributed by atoms with van der Waals surface area (Å²) in [5.74, 6) is 0.0597. The van der Waals surface area contributed by atoms with Gasteiger partial charge in [-0.15, -0.1) is 11.3 Å². The normalized spacial score (nSPS) is 11.4. The Kier molecular flexibility index (Phi) is 5.42. The van der Waals surface area contributed by atoms with Crippen LogP contribution in [0.1, 0.15) is 21.5 Å². The summed E-state index contributed by atoms with van der Waals surface area (Å²) in [6.45, 7) is 3.97. The molecule has 0 atom stereocenters. The first-order chi connectivity index (χ1) is 13.0. The first-order valence-electron chi connectivity index (χ1n) is 8.00. The third kappa shape index (κ3) is 4.27. The van der Waals surface area contributed by atoms with Crippen molar-refractivity contribution in [1.82, 2.24) is 4.98 Å². The Bertz CT molecular complexity index is 1130. The van der Waals surface area contributed by atoms with E-state index in [4.69, 9.17) is 14.6 Å². The maximum Gasteiger partial charge on any atom is 0.335 e. The van der Waals surface area contributed by atoms with Crippen LogP contribution in [0.2, 0.25) is 0 Å². The minimum absolute atomic E-state index is 0.206. The van der Waals surface area contributed by atoms with E-state index in [9.17, 15) is 9.59 Å². The quantitative estimate of drug-likeness (QED) is 0.679. The molecular formula is C20H17NO5S. The summed E-state index contributed by atoms with van der Waals surface area (Å²) in [5, 5.41) is 8.97. The summed E-state index contributed by atoms with van der Waals surface area (Å²) in [5.41, 5.74) is 1.52.